The predicted molar refractivity (Wildman–Crippen MR) is 160 cm³/mol. The molecule has 9 nitrogen and oxygen atoms in total. The lowest BCUT2D eigenvalue weighted by Gasteiger charge is -2.32. The van der Waals surface area contributed by atoms with Gasteiger partial charge in [-0.25, -0.2) is 12.8 Å². The highest BCUT2D eigenvalue weighted by Crippen LogP contribution is 2.32. The molecule has 3 aromatic rings. The van der Waals surface area contributed by atoms with Crippen LogP contribution in [0, 0.1) is 11.7 Å². The molecule has 1 N–H and O–H groups in total. The molecule has 2 amide bonds. The van der Waals surface area contributed by atoms with Gasteiger partial charge < -0.3 is 19.7 Å². The van der Waals surface area contributed by atoms with Crippen molar-refractivity contribution in [3.05, 3.63) is 83.1 Å². The number of anilines is 1. The number of hydrogen-bond acceptors (Lipinski definition) is 6. The first-order chi connectivity index (χ1) is 19.9. The molecule has 0 spiro atoms. The Morgan fingerprint density at radius 1 is 0.952 bits per heavy atom. The molecule has 0 heterocycles. The second-order valence-electron chi connectivity index (χ2n) is 9.93. The van der Waals surface area contributed by atoms with Crippen molar-refractivity contribution in [1.29, 1.82) is 0 Å². The number of rotatable bonds is 13. The van der Waals surface area contributed by atoms with Crippen molar-refractivity contribution in [1.82, 2.24) is 10.2 Å². The third-order valence-electron chi connectivity index (χ3n) is 6.49. The summed E-state index contributed by atoms with van der Waals surface area (Å²) < 4.78 is 53.2. The van der Waals surface area contributed by atoms with Gasteiger partial charge >= 0.3 is 0 Å². The fourth-order valence-electron chi connectivity index (χ4n) is 4.09. The van der Waals surface area contributed by atoms with E-state index in [1.165, 1.54) is 49.5 Å². The van der Waals surface area contributed by atoms with Crippen LogP contribution in [-0.2, 0) is 26.2 Å². The third kappa shape index (κ3) is 7.92. The lowest BCUT2D eigenvalue weighted by atomic mass is 10.1. The fourth-order valence-corrected chi connectivity index (χ4v) is 5.71. The number of sulfonamides is 1. The van der Waals surface area contributed by atoms with E-state index in [0.717, 1.165) is 16.4 Å². The van der Waals surface area contributed by atoms with Gasteiger partial charge in [-0.3, -0.25) is 13.9 Å². The van der Waals surface area contributed by atoms with Crippen LogP contribution in [0.15, 0.2) is 71.6 Å². The van der Waals surface area contributed by atoms with Crippen LogP contribution in [-0.4, -0.2) is 58.5 Å². The van der Waals surface area contributed by atoms with E-state index in [-0.39, 0.29) is 28.8 Å². The third-order valence-corrected chi connectivity index (χ3v) is 8.63. The molecule has 0 radical (unpaired) electrons. The molecule has 1 unspecified atom stereocenters. The van der Waals surface area contributed by atoms with Gasteiger partial charge in [0.2, 0.25) is 11.8 Å². The predicted octanol–water partition coefficient (Wildman–Crippen LogP) is 4.88. The van der Waals surface area contributed by atoms with Gasteiger partial charge in [0.1, 0.15) is 18.4 Å². The Bertz CT molecular complexity index is 1500. The quantitative estimate of drug-likeness (QED) is 0.292. The number of nitrogens with one attached hydrogen (secondary N) is 1. The number of halogens is 2. The molecule has 1 atom stereocenters. The minimum Gasteiger partial charge on any atom is -0.493 e. The van der Waals surface area contributed by atoms with E-state index in [1.807, 2.05) is 13.8 Å². The van der Waals surface area contributed by atoms with Gasteiger partial charge in [-0.2, -0.15) is 0 Å². The zero-order chi connectivity index (χ0) is 31.0. The number of nitrogens with zero attached hydrogens (tertiary/aromatic N) is 2. The normalized spacial score (nSPS) is 12.0. The smallest absolute Gasteiger partial charge is 0.264 e. The van der Waals surface area contributed by atoms with Gasteiger partial charge in [-0.05, 0) is 60.9 Å². The Morgan fingerprint density at radius 3 is 2.19 bits per heavy atom. The summed E-state index contributed by atoms with van der Waals surface area (Å²) in [6, 6.07) is 14.7. The molecule has 12 heteroatoms. The van der Waals surface area contributed by atoms with Crippen molar-refractivity contribution in [2.24, 2.45) is 5.92 Å². The Morgan fingerprint density at radius 2 is 1.60 bits per heavy atom. The molecule has 3 aromatic carbocycles. The van der Waals surface area contributed by atoms with Crippen LogP contribution in [0.4, 0.5) is 10.1 Å². The second-order valence-corrected chi connectivity index (χ2v) is 12.2. The van der Waals surface area contributed by atoms with E-state index >= 15 is 0 Å². The highest BCUT2D eigenvalue weighted by atomic mass is 35.5. The zero-order valence-electron chi connectivity index (χ0n) is 24.1. The van der Waals surface area contributed by atoms with E-state index in [9.17, 15) is 22.4 Å². The van der Waals surface area contributed by atoms with E-state index < -0.39 is 40.2 Å². The van der Waals surface area contributed by atoms with Crippen molar-refractivity contribution < 1.29 is 31.9 Å². The Kier molecular flexibility index (Phi) is 11.2. The average molecular weight is 620 g/mol. The number of ether oxygens (including phenoxy) is 2. The number of amides is 2. The molecular weight excluding hydrogens is 585 g/mol. The maximum Gasteiger partial charge on any atom is 0.264 e. The van der Waals surface area contributed by atoms with Crippen molar-refractivity contribution in [3.8, 4) is 11.5 Å². The van der Waals surface area contributed by atoms with Crippen LogP contribution in [0.25, 0.3) is 0 Å². The molecule has 0 aliphatic heterocycles. The van der Waals surface area contributed by atoms with Crippen LogP contribution < -0.4 is 19.1 Å². The summed E-state index contributed by atoms with van der Waals surface area (Å²) in [6.07, 6.45) is 0. The van der Waals surface area contributed by atoms with Gasteiger partial charge in [0.05, 0.1) is 24.8 Å². The Hall–Kier alpha value is -3.83. The van der Waals surface area contributed by atoms with Crippen LogP contribution in [0.3, 0.4) is 0 Å². The average Bonchev–Trinajstić information content (AvgIpc) is 2.97. The number of hydrogen-bond donors (Lipinski definition) is 1. The maximum absolute atomic E-state index is 14.0. The first-order valence-electron chi connectivity index (χ1n) is 13.2. The van der Waals surface area contributed by atoms with E-state index in [2.05, 4.69) is 5.32 Å². The molecular formula is C30H35ClFN3O6S. The minimum absolute atomic E-state index is 0.0501. The van der Waals surface area contributed by atoms with Gasteiger partial charge in [-0.15, -0.1) is 0 Å². The number of methoxy groups -OCH3 is 2. The van der Waals surface area contributed by atoms with Crippen LogP contribution in [0.5, 0.6) is 11.5 Å². The van der Waals surface area contributed by atoms with Crippen molar-refractivity contribution in [2.75, 3.05) is 31.6 Å². The monoisotopic (exact) mass is 619 g/mol. The first kappa shape index (κ1) is 32.7. The molecule has 0 aromatic heterocycles. The summed E-state index contributed by atoms with van der Waals surface area (Å²) in [6.45, 7) is 5.10. The minimum atomic E-state index is -4.40. The highest BCUT2D eigenvalue weighted by molar-refractivity contribution is 7.92. The standard InChI is InChI=1S/C30H35ClFN3O6S/c1-20(2)17-33-30(37)21(3)34(18-22-8-6-7-9-26(22)31)29(36)19-35(24-12-10-23(32)11-13-24)42(38,39)25-14-15-27(40-4)28(16-25)41-5/h6-16,20-21H,17-19H2,1-5H3,(H,33,37). The summed E-state index contributed by atoms with van der Waals surface area (Å²) in [5.74, 6) is -0.998. The van der Waals surface area contributed by atoms with E-state index in [0.29, 0.717) is 22.9 Å². The second kappa shape index (κ2) is 14.4. The van der Waals surface area contributed by atoms with Crippen molar-refractivity contribution >= 4 is 39.1 Å². The van der Waals surface area contributed by atoms with Crippen molar-refractivity contribution in [3.63, 3.8) is 0 Å². The largest absolute Gasteiger partial charge is 0.493 e. The lowest BCUT2D eigenvalue weighted by molar-refractivity contribution is -0.139. The van der Waals surface area contributed by atoms with E-state index in [1.54, 1.807) is 31.2 Å². The SMILES string of the molecule is COc1ccc(S(=O)(=O)N(CC(=O)N(Cc2ccccc2Cl)C(C)C(=O)NCC(C)C)c2ccc(F)cc2)cc1OC. The number of carbonyl (C=O) groups is 2. The van der Waals surface area contributed by atoms with Gasteiger partial charge in [0.25, 0.3) is 10.0 Å². The summed E-state index contributed by atoms with van der Waals surface area (Å²) in [5.41, 5.74) is 0.626. The molecule has 0 saturated carbocycles. The molecule has 0 aliphatic rings. The van der Waals surface area contributed by atoms with Crippen LogP contribution in [0.1, 0.15) is 26.3 Å². The summed E-state index contributed by atoms with van der Waals surface area (Å²) in [4.78, 5) is 28.1. The molecule has 42 heavy (non-hydrogen) atoms. The molecule has 0 fully saturated rings. The first-order valence-corrected chi connectivity index (χ1v) is 15.0. The Labute approximate surface area is 251 Å². The molecule has 0 saturated heterocycles. The summed E-state index contributed by atoms with van der Waals surface area (Å²) >= 11 is 6.38. The lowest BCUT2D eigenvalue weighted by Crippen LogP contribution is -2.51. The number of carbonyl (C=O) groups excluding carboxylic acids is 2. The zero-order valence-corrected chi connectivity index (χ0v) is 25.7. The van der Waals surface area contributed by atoms with Crippen molar-refractivity contribution in [2.45, 2.75) is 38.3 Å². The summed E-state index contributed by atoms with van der Waals surface area (Å²) in [5, 5.41) is 3.21. The van der Waals surface area contributed by atoms with Gasteiger partial charge in [0.15, 0.2) is 11.5 Å². The van der Waals surface area contributed by atoms with E-state index in [4.69, 9.17) is 21.1 Å². The molecule has 3 rings (SSSR count). The highest BCUT2D eigenvalue weighted by Gasteiger charge is 2.33. The molecule has 0 bridgehead atoms. The topological polar surface area (TPSA) is 105 Å². The summed E-state index contributed by atoms with van der Waals surface area (Å²) in [7, 11) is -1.61. The molecule has 226 valence electrons. The fraction of sp³-hybridized carbons (Fsp3) is 0.333. The number of benzene rings is 3. The van der Waals surface area contributed by atoms with Crippen LogP contribution >= 0.6 is 11.6 Å². The van der Waals surface area contributed by atoms with Gasteiger partial charge in [-0.1, -0.05) is 43.6 Å². The maximum atomic E-state index is 14.0. The Balaban J connectivity index is 2.06. The van der Waals surface area contributed by atoms with Crippen LogP contribution in [0.2, 0.25) is 5.02 Å². The molecule has 0 aliphatic carbocycles. The van der Waals surface area contributed by atoms with Gasteiger partial charge in [0, 0.05) is 24.2 Å².